The first kappa shape index (κ1) is 17.5. The third kappa shape index (κ3) is 4.56. The van der Waals surface area contributed by atoms with Crippen LogP contribution in [0.2, 0.25) is 0 Å². The second-order valence-electron chi connectivity index (χ2n) is 5.23. The van der Waals surface area contributed by atoms with Crippen molar-refractivity contribution in [1.29, 1.82) is 0 Å². The Kier molecular flexibility index (Phi) is 6.18. The zero-order valence-electron chi connectivity index (χ0n) is 13.5. The van der Waals surface area contributed by atoms with Gasteiger partial charge in [0.25, 0.3) is 0 Å². The van der Waals surface area contributed by atoms with Gasteiger partial charge < -0.3 is 10.6 Å². The number of amides is 1. The number of nitrogens with one attached hydrogen (secondary N) is 2. The molecular weight excluding hydrogens is 315 g/mol. The molecule has 1 unspecified atom stereocenters. The molecule has 0 aliphatic heterocycles. The number of aromatic nitrogens is 2. The topological polar surface area (TPSA) is 59.0 Å². The maximum absolute atomic E-state index is 13.4. The van der Waals surface area contributed by atoms with E-state index in [4.69, 9.17) is 0 Å². The average molecular weight is 336 g/mol. The van der Waals surface area contributed by atoms with E-state index >= 15 is 0 Å². The Morgan fingerprint density at radius 2 is 2.22 bits per heavy atom. The lowest BCUT2D eigenvalue weighted by Gasteiger charge is -2.16. The second-order valence-corrected chi connectivity index (χ2v) is 6.10. The van der Waals surface area contributed by atoms with Gasteiger partial charge in [-0.2, -0.15) is 16.9 Å². The van der Waals surface area contributed by atoms with Gasteiger partial charge in [0.1, 0.15) is 11.9 Å². The molecule has 124 valence electrons. The fourth-order valence-electron chi connectivity index (χ4n) is 2.38. The van der Waals surface area contributed by atoms with Gasteiger partial charge in [-0.1, -0.05) is 6.07 Å². The highest BCUT2D eigenvalue weighted by molar-refractivity contribution is 7.97. The number of likely N-dealkylation sites (N-methyl/N-ethyl adjacent to an activating group) is 1. The minimum absolute atomic E-state index is 0.139. The summed E-state index contributed by atoms with van der Waals surface area (Å²) in [6.45, 7) is 0.369. The first-order valence-electron chi connectivity index (χ1n) is 7.25. The SMILES string of the molecule is CNC(C(=O)NCc1ccc(F)cc1CSC)c1cnn(C)c1. The molecule has 2 N–H and O–H groups in total. The normalized spacial score (nSPS) is 12.2. The van der Waals surface area contributed by atoms with Gasteiger partial charge in [-0.05, 0) is 36.6 Å². The van der Waals surface area contributed by atoms with Crippen molar-refractivity contribution in [2.75, 3.05) is 13.3 Å². The number of halogens is 1. The molecule has 1 heterocycles. The van der Waals surface area contributed by atoms with E-state index in [0.29, 0.717) is 12.3 Å². The Balaban J connectivity index is 2.06. The molecule has 1 atom stereocenters. The molecule has 0 saturated carbocycles. The van der Waals surface area contributed by atoms with Gasteiger partial charge in [0.05, 0.1) is 6.20 Å². The second kappa shape index (κ2) is 8.12. The third-order valence-electron chi connectivity index (χ3n) is 3.53. The number of rotatable bonds is 7. The van der Waals surface area contributed by atoms with Crippen molar-refractivity contribution in [3.8, 4) is 0 Å². The van der Waals surface area contributed by atoms with E-state index in [1.807, 2.05) is 6.26 Å². The average Bonchev–Trinajstić information content (AvgIpc) is 2.94. The van der Waals surface area contributed by atoms with Gasteiger partial charge in [0, 0.05) is 31.1 Å². The monoisotopic (exact) mass is 336 g/mol. The number of aryl methyl sites for hydroxylation is 1. The fourth-order valence-corrected chi connectivity index (χ4v) is 2.96. The summed E-state index contributed by atoms with van der Waals surface area (Å²) in [6.07, 6.45) is 5.43. The maximum atomic E-state index is 13.4. The van der Waals surface area contributed by atoms with Crippen LogP contribution in [0.15, 0.2) is 30.6 Å². The van der Waals surface area contributed by atoms with Gasteiger partial charge in [-0.15, -0.1) is 0 Å². The van der Waals surface area contributed by atoms with Crippen LogP contribution in [0.1, 0.15) is 22.7 Å². The lowest BCUT2D eigenvalue weighted by molar-refractivity contribution is -0.123. The molecule has 0 radical (unpaired) electrons. The summed E-state index contributed by atoms with van der Waals surface area (Å²) >= 11 is 1.62. The van der Waals surface area contributed by atoms with E-state index in [2.05, 4.69) is 15.7 Å². The zero-order valence-corrected chi connectivity index (χ0v) is 14.3. The van der Waals surface area contributed by atoms with Crippen LogP contribution in [-0.2, 0) is 24.1 Å². The highest BCUT2D eigenvalue weighted by Gasteiger charge is 2.20. The smallest absolute Gasteiger partial charge is 0.242 e. The molecule has 2 aromatic rings. The van der Waals surface area contributed by atoms with Crippen LogP contribution < -0.4 is 10.6 Å². The molecule has 7 heteroatoms. The minimum atomic E-state index is -0.465. The summed E-state index contributed by atoms with van der Waals surface area (Å²) in [4.78, 5) is 12.4. The molecule has 0 aliphatic carbocycles. The van der Waals surface area contributed by atoms with E-state index in [1.165, 1.54) is 12.1 Å². The standard InChI is InChI=1S/C16H21FN4OS/c1-18-15(13-8-20-21(2)9-13)16(22)19-7-11-4-5-14(17)6-12(11)10-23-3/h4-6,8-9,15,18H,7,10H2,1-3H3,(H,19,22). The van der Waals surface area contributed by atoms with Crippen LogP contribution in [0, 0.1) is 5.82 Å². The summed E-state index contributed by atoms with van der Waals surface area (Å²) in [7, 11) is 3.54. The van der Waals surface area contributed by atoms with Crippen molar-refractivity contribution in [3.05, 3.63) is 53.1 Å². The maximum Gasteiger partial charge on any atom is 0.242 e. The first-order chi connectivity index (χ1) is 11.0. The van der Waals surface area contributed by atoms with Crippen LogP contribution >= 0.6 is 11.8 Å². The van der Waals surface area contributed by atoms with Crippen molar-refractivity contribution in [3.63, 3.8) is 0 Å². The molecule has 0 fully saturated rings. The van der Waals surface area contributed by atoms with Crippen molar-refractivity contribution in [1.82, 2.24) is 20.4 Å². The van der Waals surface area contributed by atoms with E-state index in [-0.39, 0.29) is 11.7 Å². The Morgan fingerprint density at radius 1 is 1.43 bits per heavy atom. The van der Waals surface area contributed by atoms with E-state index < -0.39 is 6.04 Å². The van der Waals surface area contributed by atoms with E-state index in [0.717, 1.165) is 16.7 Å². The predicted octanol–water partition coefficient (Wildman–Crippen LogP) is 2.00. The highest BCUT2D eigenvalue weighted by atomic mass is 32.2. The molecule has 0 spiro atoms. The van der Waals surface area contributed by atoms with Crippen molar-refractivity contribution in [2.45, 2.75) is 18.3 Å². The molecule has 1 aromatic heterocycles. The summed E-state index contributed by atoms with van der Waals surface area (Å²) in [5.74, 6) is 0.314. The number of thioether (sulfide) groups is 1. The molecule has 0 bridgehead atoms. The fraction of sp³-hybridized carbons (Fsp3) is 0.375. The summed E-state index contributed by atoms with van der Waals surface area (Å²) in [5, 5.41) is 9.98. The lowest BCUT2D eigenvalue weighted by Crippen LogP contribution is -2.35. The van der Waals surface area contributed by atoms with Gasteiger partial charge in [-0.25, -0.2) is 4.39 Å². The van der Waals surface area contributed by atoms with Crippen molar-refractivity contribution in [2.24, 2.45) is 7.05 Å². The van der Waals surface area contributed by atoms with E-state index in [1.54, 1.807) is 49.0 Å². The van der Waals surface area contributed by atoms with Crippen LogP contribution in [0.3, 0.4) is 0 Å². The quantitative estimate of drug-likeness (QED) is 0.812. The third-order valence-corrected chi connectivity index (χ3v) is 4.13. The van der Waals surface area contributed by atoms with Gasteiger partial charge in [0.15, 0.2) is 0 Å². The molecule has 5 nitrogen and oxygen atoms in total. The predicted molar refractivity (Wildman–Crippen MR) is 90.5 cm³/mol. The van der Waals surface area contributed by atoms with Crippen LogP contribution in [0.5, 0.6) is 0 Å². The van der Waals surface area contributed by atoms with Crippen LogP contribution in [0.4, 0.5) is 4.39 Å². The number of hydrogen-bond donors (Lipinski definition) is 2. The molecule has 0 aliphatic rings. The number of hydrogen-bond acceptors (Lipinski definition) is 4. The van der Waals surface area contributed by atoms with Gasteiger partial charge in [0.2, 0.25) is 5.91 Å². The molecule has 1 aromatic carbocycles. The molecule has 23 heavy (non-hydrogen) atoms. The van der Waals surface area contributed by atoms with Crippen molar-refractivity contribution < 1.29 is 9.18 Å². The zero-order chi connectivity index (χ0) is 16.8. The van der Waals surface area contributed by atoms with E-state index in [9.17, 15) is 9.18 Å². The van der Waals surface area contributed by atoms with Gasteiger partial charge in [-0.3, -0.25) is 9.48 Å². The minimum Gasteiger partial charge on any atom is -0.350 e. The Labute approximate surface area is 139 Å². The molecule has 0 saturated heterocycles. The van der Waals surface area contributed by atoms with Gasteiger partial charge >= 0.3 is 0 Å². The first-order valence-corrected chi connectivity index (χ1v) is 8.64. The lowest BCUT2D eigenvalue weighted by atomic mass is 10.1. The number of benzene rings is 1. The Hall–Kier alpha value is -1.86. The summed E-state index contributed by atoms with van der Waals surface area (Å²) < 4.78 is 15.0. The van der Waals surface area contributed by atoms with Crippen molar-refractivity contribution >= 4 is 17.7 Å². The molecule has 2 rings (SSSR count). The van der Waals surface area contributed by atoms with Crippen LogP contribution in [-0.4, -0.2) is 29.0 Å². The number of nitrogens with zero attached hydrogens (tertiary/aromatic N) is 2. The summed E-state index contributed by atoms with van der Waals surface area (Å²) in [6, 6.07) is 4.20. The number of carbonyl (C=O) groups is 1. The Morgan fingerprint density at radius 3 is 2.83 bits per heavy atom. The number of carbonyl (C=O) groups excluding carboxylic acids is 1. The summed E-state index contributed by atoms with van der Waals surface area (Å²) in [5.41, 5.74) is 2.63. The highest BCUT2D eigenvalue weighted by Crippen LogP contribution is 2.17. The van der Waals surface area contributed by atoms with Crippen LogP contribution in [0.25, 0.3) is 0 Å². The largest absolute Gasteiger partial charge is 0.350 e. The molecular formula is C16H21FN4OS. The Bertz CT molecular complexity index is 674. The molecule has 1 amide bonds.